The number of ether oxygens (including phenoxy) is 1. The summed E-state index contributed by atoms with van der Waals surface area (Å²) in [6.45, 7) is 2.88. The molecule has 1 aliphatic heterocycles. The number of hydrogen-bond donors (Lipinski definition) is 1. The molecule has 3 atom stereocenters. The fourth-order valence-electron chi connectivity index (χ4n) is 5.40. The Morgan fingerprint density at radius 1 is 1.16 bits per heavy atom. The molecule has 8 nitrogen and oxygen atoms in total. The van der Waals surface area contributed by atoms with E-state index in [9.17, 15) is 9.90 Å². The smallest absolute Gasteiger partial charge is 0.261 e. The number of aromatic nitrogens is 4. The van der Waals surface area contributed by atoms with Crippen molar-refractivity contribution in [1.29, 1.82) is 5.26 Å². The average Bonchev–Trinajstić information content (AvgIpc) is 2.94. The molecule has 4 aromatic rings. The molecule has 1 aliphatic carbocycles. The Morgan fingerprint density at radius 2 is 2.05 bits per heavy atom. The van der Waals surface area contributed by atoms with Crippen LogP contribution in [0, 0.1) is 17.2 Å². The summed E-state index contributed by atoms with van der Waals surface area (Å²) < 4.78 is 6.94. The van der Waals surface area contributed by atoms with Crippen LogP contribution in [-0.4, -0.2) is 43.9 Å². The van der Waals surface area contributed by atoms with Crippen molar-refractivity contribution in [3.8, 4) is 17.3 Å². The molecule has 2 aliphatic rings. The van der Waals surface area contributed by atoms with Crippen molar-refractivity contribution in [2.45, 2.75) is 38.3 Å². The van der Waals surface area contributed by atoms with Gasteiger partial charge in [-0.3, -0.25) is 14.3 Å². The van der Waals surface area contributed by atoms with Crippen LogP contribution in [0.2, 0.25) is 0 Å². The van der Waals surface area contributed by atoms with Gasteiger partial charge in [0.15, 0.2) is 0 Å². The van der Waals surface area contributed by atoms with Crippen LogP contribution in [0.3, 0.4) is 0 Å². The summed E-state index contributed by atoms with van der Waals surface area (Å²) in [6, 6.07) is 11.1. The second-order valence-electron chi connectivity index (χ2n) is 10.1. The topological polar surface area (TPSA) is 114 Å². The first kappa shape index (κ1) is 24.2. The van der Waals surface area contributed by atoms with Crippen LogP contribution in [0.15, 0.2) is 53.8 Å². The highest BCUT2D eigenvalue weighted by Gasteiger charge is 2.27. The second-order valence-corrected chi connectivity index (χ2v) is 10.1. The maximum Gasteiger partial charge on any atom is 0.261 e. The molecule has 0 radical (unpaired) electrons. The van der Waals surface area contributed by atoms with Crippen LogP contribution in [0.4, 0.5) is 0 Å². The zero-order valence-electron chi connectivity index (χ0n) is 21.0. The molecule has 0 bridgehead atoms. The molecular formula is C30H27N5O3. The van der Waals surface area contributed by atoms with Crippen molar-refractivity contribution in [2.75, 3.05) is 13.2 Å². The first-order valence-corrected chi connectivity index (χ1v) is 12.8. The fourth-order valence-corrected chi connectivity index (χ4v) is 5.40. The van der Waals surface area contributed by atoms with Crippen LogP contribution in [0.5, 0.6) is 0 Å². The van der Waals surface area contributed by atoms with Gasteiger partial charge in [-0.25, -0.2) is 9.97 Å². The monoisotopic (exact) mass is 505 g/mol. The lowest BCUT2D eigenvalue weighted by Gasteiger charge is -2.29. The van der Waals surface area contributed by atoms with Crippen LogP contribution < -0.4 is 16.0 Å². The number of benzene rings is 1. The minimum atomic E-state index is -0.742. The SMILES string of the molecule is CC1C=c2c(c(Cc3ccc(-c4ccc(C#N)nc4)nc3)cc3c(=O)n(C4CCOC[C@@H]4O)cnc23)=CC1. The fraction of sp³-hybridized carbons (Fsp3) is 0.300. The van der Waals surface area contributed by atoms with Gasteiger partial charge in [-0.2, -0.15) is 5.26 Å². The second kappa shape index (κ2) is 9.93. The number of pyridine rings is 2. The normalized spacial score (nSPS) is 20.7. The van der Waals surface area contributed by atoms with Gasteiger partial charge in [0.05, 0.1) is 41.7 Å². The van der Waals surface area contributed by atoms with Crippen molar-refractivity contribution in [1.82, 2.24) is 19.5 Å². The van der Waals surface area contributed by atoms with Gasteiger partial charge in [-0.15, -0.1) is 0 Å². The van der Waals surface area contributed by atoms with Crippen LogP contribution in [0.25, 0.3) is 34.3 Å². The van der Waals surface area contributed by atoms with Crippen molar-refractivity contribution >= 4 is 23.1 Å². The average molecular weight is 506 g/mol. The van der Waals surface area contributed by atoms with Crippen molar-refractivity contribution < 1.29 is 9.84 Å². The highest BCUT2D eigenvalue weighted by Crippen LogP contribution is 2.21. The van der Waals surface area contributed by atoms with Crippen molar-refractivity contribution in [2.24, 2.45) is 5.92 Å². The maximum atomic E-state index is 13.7. The quantitative estimate of drug-likeness (QED) is 0.452. The van der Waals surface area contributed by atoms with Gasteiger partial charge in [0.1, 0.15) is 11.8 Å². The lowest BCUT2D eigenvalue weighted by Crippen LogP contribution is -2.40. The molecule has 1 fully saturated rings. The number of rotatable bonds is 4. The number of aliphatic hydroxyl groups excluding tert-OH is 1. The Hall–Kier alpha value is -4.19. The van der Waals surface area contributed by atoms with Crippen LogP contribution >= 0.6 is 0 Å². The highest BCUT2D eigenvalue weighted by atomic mass is 16.5. The number of hydrogen-bond acceptors (Lipinski definition) is 7. The number of nitriles is 1. The minimum absolute atomic E-state index is 0.140. The van der Waals surface area contributed by atoms with E-state index < -0.39 is 6.10 Å². The number of aliphatic hydroxyl groups is 1. The summed E-state index contributed by atoms with van der Waals surface area (Å²) in [5.74, 6) is 0.351. The molecule has 3 aromatic heterocycles. The highest BCUT2D eigenvalue weighted by molar-refractivity contribution is 5.81. The molecule has 0 amide bonds. The molecule has 8 heteroatoms. The predicted octanol–water partition coefficient (Wildman–Crippen LogP) is 2.24. The van der Waals surface area contributed by atoms with E-state index in [0.717, 1.165) is 39.2 Å². The van der Waals surface area contributed by atoms with E-state index in [4.69, 9.17) is 15.0 Å². The Labute approximate surface area is 219 Å². The summed E-state index contributed by atoms with van der Waals surface area (Å²) in [7, 11) is 0. The molecule has 2 unspecified atom stereocenters. The standard InChI is InChI=1S/C30H27N5O3/c1-18-2-6-23-21(11-19-3-7-26(33-14-19)20-4-5-22(13-31)32-15-20)12-25-29(24(23)10-18)34-17-35(30(25)37)27-8-9-38-16-28(27)36/h3-7,10,12,14-15,17-18,27-28,36H,2,8-9,11,16H2,1H3/t18?,27?,28-/m0/s1. The third-order valence-corrected chi connectivity index (χ3v) is 7.43. The minimum Gasteiger partial charge on any atom is -0.389 e. The van der Waals surface area contributed by atoms with E-state index in [1.807, 2.05) is 36.5 Å². The first-order chi connectivity index (χ1) is 18.5. The Morgan fingerprint density at radius 3 is 2.79 bits per heavy atom. The molecule has 38 heavy (non-hydrogen) atoms. The largest absolute Gasteiger partial charge is 0.389 e. The van der Waals surface area contributed by atoms with E-state index in [-0.39, 0.29) is 18.2 Å². The summed E-state index contributed by atoms with van der Waals surface area (Å²) >= 11 is 0. The lowest BCUT2D eigenvalue weighted by atomic mass is 9.92. The Kier molecular flexibility index (Phi) is 6.32. The van der Waals surface area contributed by atoms with Gasteiger partial charge < -0.3 is 9.84 Å². The summed E-state index contributed by atoms with van der Waals surface area (Å²) in [6.07, 6.45) is 10.9. The van der Waals surface area contributed by atoms with Gasteiger partial charge in [-0.05, 0) is 65.8 Å². The van der Waals surface area contributed by atoms with E-state index in [1.165, 1.54) is 0 Å². The molecular weight excluding hydrogens is 478 g/mol. The maximum absolute atomic E-state index is 13.7. The van der Waals surface area contributed by atoms with E-state index in [0.29, 0.717) is 42.0 Å². The van der Waals surface area contributed by atoms with Gasteiger partial charge in [0.2, 0.25) is 0 Å². The third-order valence-electron chi connectivity index (χ3n) is 7.43. The summed E-state index contributed by atoms with van der Waals surface area (Å²) in [5.41, 5.74) is 4.63. The molecule has 1 saturated heterocycles. The number of nitrogens with zero attached hydrogens (tertiary/aromatic N) is 5. The Bertz CT molecular complexity index is 1740. The molecule has 1 aromatic carbocycles. The molecule has 4 heterocycles. The van der Waals surface area contributed by atoms with Crippen LogP contribution in [0.1, 0.15) is 42.6 Å². The zero-order valence-corrected chi connectivity index (χ0v) is 21.0. The van der Waals surface area contributed by atoms with Gasteiger partial charge >= 0.3 is 0 Å². The third kappa shape index (κ3) is 4.40. The molecule has 0 spiro atoms. The van der Waals surface area contributed by atoms with E-state index in [1.54, 1.807) is 23.2 Å². The molecule has 1 N–H and O–H groups in total. The van der Waals surface area contributed by atoms with E-state index >= 15 is 0 Å². The van der Waals surface area contributed by atoms with Gasteiger partial charge in [0, 0.05) is 29.8 Å². The first-order valence-electron chi connectivity index (χ1n) is 12.8. The number of fused-ring (bicyclic) bond motifs is 3. The van der Waals surface area contributed by atoms with Crippen molar-refractivity contribution in [3.63, 3.8) is 0 Å². The van der Waals surface area contributed by atoms with Gasteiger partial charge in [0.25, 0.3) is 5.56 Å². The zero-order chi connectivity index (χ0) is 26.2. The predicted molar refractivity (Wildman–Crippen MR) is 143 cm³/mol. The molecule has 0 saturated carbocycles. The summed E-state index contributed by atoms with van der Waals surface area (Å²) in [5, 5.41) is 22.1. The van der Waals surface area contributed by atoms with E-state index in [2.05, 4.69) is 29.0 Å². The van der Waals surface area contributed by atoms with Crippen molar-refractivity contribution in [3.05, 3.63) is 86.7 Å². The molecule has 190 valence electrons. The summed E-state index contributed by atoms with van der Waals surface area (Å²) in [4.78, 5) is 27.2. The van der Waals surface area contributed by atoms with Gasteiger partial charge in [-0.1, -0.05) is 25.1 Å². The van der Waals surface area contributed by atoms with Crippen LogP contribution in [-0.2, 0) is 11.2 Å². The Balaban J connectivity index is 1.42. The lowest BCUT2D eigenvalue weighted by molar-refractivity contribution is -0.0395. The molecule has 6 rings (SSSR count).